The predicted octanol–water partition coefficient (Wildman–Crippen LogP) is 2.11. The first kappa shape index (κ1) is 16.4. The molecule has 0 aromatic heterocycles. The Kier molecular flexibility index (Phi) is 3.78. The van der Waals surface area contributed by atoms with Crippen molar-refractivity contribution in [1.29, 1.82) is 0 Å². The van der Waals surface area contributed by atoms with Gasteiger partial charge in [-0.2, -0.15) is 4.31 Å². The number of carboxylic acid groups (broad SMARTS) is 1. The number of carboxylic acids is 1. The molecule has 1 spiro atoms. The Balaban J connectivity index is 1.89. The fourth-order valence-corrected chi connectivity index (χ4v) is 5.49. The molecule has 7 heteroatoms. The molecule has 1 N–H and O–H groups in total. The molecule has 3 rings (SSSR count). The first-order chi connectivity index (χ1) is 10.7. The average Bonchev–Trinajstić information content (AvgIpc) is 2.44. The molecule has 0 radical (unpaired) electrons. The zero-order valence-electron chi connectivity index (χ0n) is 13.3. The van der Waals surface area contributed by atoms with Crippen molar-refractivity contribution in [3.05, 3.63) is 29.8 Å². The minimum Gasteiger partial charge on any atom is -0.478 e. The third-order valence-electron chi connectivity index (χ3n) is 4.81. The molecule has 0 saturated carbocycles. The maximum absolute atomic E-state index is 12.9. The summed E-state index contributed by atoms with van der Waals surface area (Å²) < 4.78 is 33.1. The Morgan fingerprint density at radius 3 is 2.35 bits per heavy atom. The van der Waals surface area contributed by atoms with Gasteiger partial charge in [-0.3, -0.25) is 0 Å². The first-order valence-corrected chi connectivity index (χ1v) is 9.11. The number of hydrogen-bond donors (Lipinski definition) is 1. The van der Waals surface area contributed by atoms with Crippen molar-refractivity contribution < 1.29 is 23.1 Å². The van der Waals surface area contributed by atoms with Gasteiger partial charge in [-0.05, 0) is 57.4 Å². The van der Waals surface area contributed by atoms with Crippen LogP contribution >= 0.6 is 0 Å². The van der Waals surface area contributed by atoms with Gasteiger partial charge in [0.05, 0.1) is 16.1 Å². The van der Waals surface area contributed by atoms with Gasteiger partial charge in [-0.15, -0.1) is 0 Å². The van der Waals surface area contributed by atoms with Crippen LogP contribution in [0.4, 0.5) is 0 Å². The minimum atomic E-state index is -3.62. The van der Waals surface area contributed by atoms with Gasteiger partial charge in [-0.1, -0.05) is 0 Å². The quantitative estimate of drug-likeness (QED) is 0.912. The molecule has 0 amide bonds. The molecule has 2 fully saturated rings. The lowest BCUT2D eigenvalue weighted by Gasteiger charge is -2.56. The van der Waals surface area contributed by atoms with E-state index in [2.05, 4.69) is 0 Å². The fraction of sp³-hybridized carbons (Fsp3) is 0.562. The van der Waals surface area contributed by atoms with Crippen LogP contribution in [0.2, 0.25) is 0 Å². The highest BCUT2D eigenvalue weighted by Gasteiger charge is 2.55. The highest BCUT2D eigenvalue weighted by molar-refractivity contribution is 7.89. The number of nitrogens with zero attached hydrogens (tertiary/aromatic N) is 1. The van der Waals surface area contributed by atoms with Gasteiger partial charge < -0.3 is 9.84 Å². The van der Waals surface area contributed by atoms with Crippen LogP contribution in [0.1, 0.15) is 43.5 Å². The van der Waals surface area contributed by atoms with E-state index in [1.807, 2.05) is 13.8 Å². The maximum atomic E-state index is 12.9. The summed E-state index contributed by atoms with van der Waals surface area (Å²) in [7, 11) is -3.62. The summed E-state index contributed by atoms with van der Waals surface area (Å²) in [5, 5.41) is 8.93. The van der Waals surface area contributed by atoms with Gasteiger partial charge in [-0.25, -0.2) is 13.2 Å². The third-order valence-corrected chi connectivity index (χ3v) is 6.83. The molecule has 1 aromatic carbocycles. The smallest absolute Gasteiger partial charge is 0.335 e. The predicted molar refractivity (Wildman–Crippen MR) is 83.9 cm³/mol. The van der Waals surface area contributed by atoms with E-state index in [0.29, 0.717) is 26.0 Å². The van der Waals surface area contributed by atoms with Gasteiger partial charge >= 0.3 is 5.97 Å². The summed E-state index contributed by atoms with van der Waals surface area (Å²) in [5.74, 6) is -1.07. The lowest BCUT2D eigenvalue weighted by atomic mass is 9.74. The van der Waals surface area contributed by atoms with Crippen LogP contribution < -0.4 is 0 Å². The molecule has 2 saturated heterocycles. The number of hydrogen-bond acceptors (Lipinski definition) is 4. The van der Waals surface area contributed by atoms with E-state index in [0.717, 1.165) is 6.42 Å². The number of aromatic carboxylic acids is 1. The largest absolute Gasteiger partial charge is 0.478 e. The summed E-state index contributed by atoms with van der Waals surface area (Å²) in [6.45, 7) is 5.02. The van der Waals surface area contributed by atoms with Crippen molar-refractivity contribution in [2.24, 2.45) is 0 Å². The summed E-state index contributed by atoms with van der Waals surface area (Å²) in [4.78, 5) is 11.0. The lowest BCUT2D eigenvalue weighted by Crippen LogP contribution is -2.66. The van der Waals surface area contributed by atoms with Gasteiger partial charge in [0.15, 0.2) is 0 Å². The molecular formula is C16H21NO5S. The van der Waals surface area contributed by atoms with Crippen LogP contribution in [0.3, 0.4) is 0 Å². The Bertz CT molecular complexity index is 725. The van der Waals surface area contributed by atoms with Gasteiger partial charge in [0, 0.05) is 18.7 Å². The van der Waals surface area contributed by atoms with E-state index >= 15 is 0 Å². The Labute approximate surface area is 136 Å². The van der Waals surface area contributed by atoms with Crippen LogP contribution in [0, 0.1) is 0 Å². The van der Waals surface area contributed by atoms with Crippen molar-refractivity contribution in [3.8, 4) is 0 Å². The molecular weight excluding hydrogens is 318 g/mol. The molecule has 0 aliphatic carbocycles. The second-order valence-electron chi connectivity index (χ2n) is 6.92. The van der Waals surface area contributed by atoms with Crippen LogP contribution in [0.5, 0.6) is 0 Å². The zero-order chi connectivity index (χ0) is 16.9. The van der Waals surface area contributed by atoms with Crippen LogP contribution in [-0.4, -0.2) is 48.1 Å². The molecule has 2 aliphatic heterocycles. The summed E-state index contributed by atoms with van der Waals surface area (Å²) in [6.07, 6.45) is 2.21. The number of benzene rings is 1. The van der Waals surface area contributed by atoms with Crippen molar-refractivity contribution >= 4 is 16.0 Å². The number of sulfonamides is 1. The average molecular weight is 339 g/mol. The van der Waals surface area contributed by atoms with E-state index in [-0.39, 0.29) is 21.6 Å². The van der Waals surface area contributed by atoms with Crippen LogP contribution in [-0.2, 0) is 14.8 Å². The van der Waals surface area contributed by atoms with E-state index in [1.165, 1.54) is 24.3 Å². The number of carbonyl (C=O) groups is 1. The second kappa shape index (κ2) is 5.29. The Morgan fingerprint density at radius 2 is 1.87 bits per heavy atom. The van der Waals surface area contributed by atoms with Crippen LogP contribution in [0.25, 0.3) is 0 Å². The van der Waals surface area contributed by atoms with Crippen molar-refractivity contribution in [2.45, 2.75) is 49.1 Å². The minimum absolute atomic E-state index is 0.0782. The molecule has 0 bridgehead atoms. The molecule has 126 valence electrons. The topological polar surface area (TPSA) is 83.9 Å². The van der Waals surface area contributed by atoms with Crippen molar-refractivity contribution in [3.63, 3.8) is 0 Å². The summed E-state index contributed by atoms with van der Waals surface area (Å²) in [6, 6.07) is 5.40. The molecule has 1 aromatic rings. The molecule has 23 heavy (non-hydrogen) atoms. The van der Waals surface area contributed by atoms with E-state index < -0.39 is 16.0 Å². The van der Waals surface area contributed by atoms with E-state index in [9.17, 15) is 13.2 Å². The lowest BCUT2D eigenvalue weighted by molar-refractivity contribution is -0.130. The van der Waals surface area contributed by atoms with Crippen LogP contribution in [0.15, 0.2) is 29.2 Å². The zero-order valence-corrected chi connectivity index (χ0v) is 14.1. The maximum Gasteiger partial charge on any atom is 0.335 e. The molecule has 1 unspecified atom stereocenters. The van der Waals surface area contributed by atoms with Gasteiger partial charge in [0.25, 0.3) is 0 Å². The van der Waals surface area contributed by atoms with E-state index in [1.54, 1.807) is 4.31 Å². The number of rotatable bonds is 3. The highest BCUT2D eigenvalue weighted by atomic mass is 32.2. The first-order valence-electron chi connectivity index (χ1n) is 7.67. The number of ether oxygens (including phenoxy) is 1. The van der Waals surface area contributed by atoms with Gasteiger partial charge in [0.1, 0.15) is 0 Å². The normalized spacial score (nSPS) is 27.6. The standard InChI is InChI=1S/C16H21NO5S/c1-15(2)11-16(8-10-22-15)7-9-17(16)23(20,21)13-5-3-12(4-6-13)14(18)19/h3-6H,7-11H2,1-2H3,(H,18,19). The molecule has 2 aliphatic rings. The fourth-order valence-electron chi connectivity index (χ4n) is 3.67. The highest BCUT2D eigenvalue weighted by Crippen LogP contribution is 2.47. The monoisotopic (exact) mass is 339 g/mol. The summed E-state index contributed by atoms with van der Waals surface area (Å²) in [5.41, 5.74) is -0.625. The SMILES string of the molecule is CC1(C)CC2(CCO1)CCN2S(=O)(=O)c1ccc(C(=O)O)cc1. The molecule has 6 nitrogen and oxygen atoms in total. The van der Waals surface area contributed by atoms with Crippen molar-refractivity contribution in [2.75, 3.05) is 13.2 Å². The Morgan fingerprint density at radius 1 is 1.22 bits per heavy atom. The van der Waals surface area contributed by atoms with Crippen molar-refractivity contribution in [1.82, 2.24) is 4.31 Å². The second-order valence-corrected chi connectivity index (χ2v) is 8.78. The third kappa shape index (κ3) is 2.77. The van der Waals surface area contributed by atoms with Gasteiger partial charge in [0.2, 0.25) is 10.0 Å². The summed E-state index contributed by atoms with van der Waals surface area (Å²) >= 11 is 0. The van der Waals surface area contributed by atoms with E-state index in [4.69, 9.17) is 9.84 Å². The molecule has 2 heterocycles. The molecule has 1 atom stereocenters. The Hall–Kier alpha value is -1.44.